The Labute approximate surface area is 196 Å². The number of nitrogens with one attached hydrogen (secondary N) is 2. The number of halogens is 1. The van der Waals surface area contributed by atoms with Gasteiger partial charge in [-0.25, -0.2) is 0 Å². The smallest absolute Gasteiger partial charge is 0.251 e. The van der Waals surface area contributed by atoms with Gasteiger partial charge in [0.1, 0.15) is 0 Å². The highest BCUT2D eigenvalue weighted by Gasteiger charge is 2.19. The number of piperazine rings is 1. The molecule has 0 aliphatic carbocycles. The molecule has 2 aromatic carbocycles. The van der Waals surface area contributed by atoms with Crippen molar-refractivity contribution in [3.8, 4) is 0 Å². The van der Waals surface area contributed by atoms with E-state index < -0.39 is 0 Å². The first-order valence-electron chi connectivity index (χ1n) is 10.3. The first-order valence-corrected chi connectivity index (χ1v) is 10.3. The van der Waals surface area contributed by atoms with E-state index in [4.69, 9.17) is 0 Å². The van der Waals surface area contributed by atoms with Crippen molar-refractivity contribution in [2.45, 2.75) is 20.0 Å². The third-order valence-electron chi connectivity index (χ3n) is 5.14. The highest BCUT2D eigenvalue weighted by atomic mass is 127. The fourth-order valence-electron chi connectivity index (χ4n) is 3.51. The Kier molecular flexibility index (Phi) is 10.1. The van der Waals surface area contributed by atoms with Crippen molar-refractivity contribution in [1.82, 2.24) is 20.4 Å². The van der Waals surface area contributed by atoms with Gasteiger partial charge in [0.25, 0.3) is 5.91 Å². The fourth-order valence-corrected chi connectivity index (χ4v) is 3.51. The van der Waals surface area contributed by atoms with Gasteiger partial charge < -0.3 is 15.5 Å². The normalized spacial score (nSPS) is 14.7. The van der Waals surface area contributed by atoms with Crippen molar-refractivity contribution in [3.05, 3.63) is 71.3 Å². The summed E-state index contributed by atoms with van der Waals surface area (Å²) in [6.07, 6.45) is 0. The van der Waals surface area contributed by atoms with E-state index in [1.165, 1.54) is 5.56 Å². The molecule has 1 aliphatic heterocycles. The van der Waals surface area contributed by atoms with Crippen LogP contribution >= 0.6 is 24.0 Å². The lowest BCUT2D eigenvalue weighted by Crippen LogP contribution is -2.52. The molecule has 2 aromatic rings. The lowest BCUT2D eigenvalue weighted by atomic mass is 10.1. The zero-order valence-electron chi connectivity index (χ0n) is 17.8. The van der Waals surface area contributed by atoms with Gasteiger partial charge in [-0.3, -0.25) is 14.7 Å². The van der Waals surface area contributed by atoms with Gasteiger partial charge in [-0.15, -0.1) is 24.0 Å². The standard InChI is InChI=1S/C23H31N5O.HI/c1-3-25-22(29)21-11-9-19(10-12-21)17-26-23(24-2)28-15-13-27(14-16-28)18-20-7-5-4-6-8-20;/h4-12H,3,13-18H2,1-2H3,(H,24,26)(H,25,29);1H. The van der Waals surface area contributed by atoms with Crippen molar-refractivity contribution in [1.29, 1.82) is 0 Å². The highest BCUT2D eigenvalue weighted by molar-refractivity contribution is 14.0. The quantitative estimate of drug-likeness (QED) is 0.349. The van der Waals surface area contributed by atoms with Gasteiger partial charge in [-0.1, -0.05) is 42.5 Å². The molecule has 0 spiro atoms. The number of hydrogen-bond acceptors (Lipinski definition) is 3. The van der Waals surface area contributed by atoms with Crippen LogP contribution in [0.15, 0.2) is 59.6 Å². The molecule has 7 heteroatoms. The van der Waals surface area contributed by atoms with E-state index >= 15 is 0 Å². The molecule has 30 heavy (non-hydrogen) atoms. The molecule has 1 saturated heterocycles. The van der Waals surface area contributed by atoms with E-state index in [2.05, 4.69) is 55.8 Å². The summed E-state index contributed by atoms with van der Waals surface area (Å²) < 4.78 is 0. The number of rotatable bonds is 6. The molecule has 0 aromatic heterocycles. The second-order valence-electron chi connectivity index (χ2n) is 7.21. The number of aliphatic imine (C=N–C) groups is 1. The Morgan fingerprint density at radius 1 is 0.933 bits per heavy atom. The van der Waals surface area contributed by atoms with Crippen LogP contribution in [0, 0.1) is 0 Å². The van der Waals surface area contributed by atoms with Gasteiger partial charge in [0.2, 0.25) is 0 Å². The number of benzene rings is 2. The predicted molar refractivity (Wildman–Crippen MR) is 133 cm³/mol. The minimum absolute atomic E-state index is 0. The molecule has 1 aliphatic rings. The summed E-state index contributed by atoms with van der Waals surface area (Å²) in [5.41, 5.74) is 3.18. The molecule has 162 valence electrons. The molecular weight excluding hydrogens is 489 g/mol. The van der Waals surface area contributed by atoms with Crippen LogP contribution in [0.4, 0.5) is 0 Å². The predicted octanol–water partition coefficient (Wildman–Crippen LogP) is 2.95. The molecule has 0 saturated carbocycles. The summed E-state index contributed by atoms with van der Waals surface area (Å²) in [6, 6.07) is 18.3. The number of amides is 1. The SMILES string of the molecule is CCNC(=O)c1ccc(CNC(=NC)N2CCN(Cc3ccccc3)CC2)cc1.I. The lowest BCUT2D eigenvalue weighted by Gasteiger charge is -2.36. The van der Waals surface area contributed by atoms with Crippen LogP contribution in [0.2, 0.25) is 0 Å². The largest absolute Gasteiger partial charge is 0.352 e. The van der Waals surface area contributed by atoms with Gasteiger partial charge in [-0.05, 0) is 30.2 Å². The van der Waals surface area contributed by atoms with Crippen LogP contribution in [-0.2, 0) is 13.1 Å². The van der Waals surface area contributed by atoms with E-state index in [9.17, 15) is 4.79 Å². The number of hydrogen-bond donors (Lipinski definition) is 2. The first-order chi connectivity index (χ1) is 14.2. The van der Waals surface area contributed by atoms with Crippen LogP contribution in [-0.4, -0.2) is 61.4 Å². The van der Waals surface area contributed by atoms with Crippen LogP contribution in [0.5, 0.6) is 0 Å². The van der Waals surface area contributed by atoms with Crippen molar-refractivity contribution >= 4 is 35.8 Å². The van der Waals surface area contributed by atoms with Crippen LogP contribution in [0.25, 0.3) is 0 Å². The number of carbonyl (C=O) groups is 1. The maximum atomic E-state index is 11.9. The van der Waals surface area contributed by atoms with Crippen molar-refractivity contribution < 1.29 is 4.79 Å². The van der Waals surface area contributed by atoms with Crippen LogP contribution in [0.3, 0.4) is 0 Å². The van der Waals surface area contributed by atoms with E-state index in [1.807, 2.05) is 38.2 Å². The molecular formula is C23H32IN5O. The number of guanidine groups is 1. The van der Waals surface area contributed by atoms with Gasteiger partial charge in [0, 0.05) is 58.4 Å². The van der Waals surface area contributed by atoms with E-state index in [0.29, 0.717) is 18.7 Å². The summed E-state index contributed by atoms with van der Waals surface area (Å²) in [6.45, 7) is 8.21. The third-order valence-corrected chi connectivity index (χ3v) is 5.14. The zero-order valence-corrected chi connectivity index (χ0v) is 20.1. The highest BCUT2D eigenvalue weighted by Crippen LogP contribution is 2.09. The maximum absolute atomic E-state index is 11.9. The average molecular weight is 521 g/mol. The Bertz CT molecular complexity index is 802. The molecule has 1 heterocycles. The van der Waals surface area contributed by atoms with Crippen molar-refractivity contribution in [2.24, 2.45) is 4.99 Å². The second-order valence-corrected chi connectivity index (χ2v) is 7.21. The first kappa shape index (κ1) is 24.1. The minimum atomic E-state index is -0.0313. The molecule has 0 bridgehead atoms. The van der Waals surface area contributed by atoms with E-state index in [-0.39, 0.29) is 29.9 Å². The molecule has 0 radical (unpaired) electrons. The average Bonchev–Trinajstić information content (AvgIpc) is 2.76. The van der Waals surface area contributed by atoms with Crippen LogP contribution < -0.4 is 10.6 Å². The molecule has 2 N–H and O–H groups in total. The lowest BCUT2D eigenvalue weighted by molar-refractivity contribution is 0.0956. The summed E-state index contributed by atoms with van der Waals surface area (Å²) in [7, 11) is 1.83. The molecule has 3 rings (SSSR count). The minimum Gasteiger partial charge on any atom is -0.352 e. The summed E-state index contributed by atoms with van der Waals surface area (Å²) >= 11 is 0. The molecule has 6 nitrogen and oxygen atoms in total. The summed E-state index contributed by atoms with van der Waals surface area (Å²) in [4.78, 5) is 21.1. The monoisotopic (exact) mass is 521 g/mol. The Morgan fingerprint density at radius 3 is 2.20 bits per heavy atom. The molecule has 1 fully saturated rings. The van der Waals surface area contributed by atoms with Crippen molar-refractivity contribution in [3.63, 3.8) is 0 Å². The topological polar surface area (TPSA) is 60.0 Å². The maximum Gasteiger partial charge on any atom is 0.251 e. The van der Waals surface area contributed by atoms with Crippen molar-refractivity contribution in [2.75, 3.05) is 39.8 Å². The van der Waals surface area contributed by atoms with E-state index in [0.717, 1.165) is 44.2 Å². The number of nitrogens with zero attached hydrogens (tertiary/aromatic N) is 3. The zero-order chi connectivity index (χ0) is 20.5. The Balaban J connectivity index is 0.00000320. The fraction of sp³-hybridized carbons (Fsp3) is 0.391. The second kappa shape index (κ2) is 12.5. The molecule has 0 unspecified atom stereocenters. The van der Waals surface area contributed by atoms with Gasteiger partial charge >= 0.3 is 0 Å². The van der Waals surface area contributed by atoms with Gasteiger partial charge in [0.15, 0.2) is 5.96 Å². The Morgan fingerprint density at radius 2 is 1.60 bits per heavy atom. The summed E-state index contributed by atoms with van der Waals surface area (Å²) in [5, 5.41) is 6.27. The van der Waals surface area contributed by atoms with Gasteiger partial charge in [0.05, 0.1) is 0 Å². The number of carbonyl (C=O) groups excluding carboxylic acids is 1. The van der Waals surface area contributed by atoms with Gasteiger partial charge in [-0.2, -0.15) is 0 Å². The summed E-state index contributed by atoms with van der Waals surface area (Å²) in [5.74, 6) is 0.897. The molecule has 0 atom stereocenters. The molecule has 1 amide bonds. The Hall–Kier alpha value is -2.13. The third kappa shape index (κ3) is 6.98. The van der Waals surface area contributed by atoms with E-state index in [1.54, 1.807) is 0 Å². The van der Waals surface area contributed by atoms with Crippen LogP contribution in [0.1, 0.15) is 28.4 Å².